The normalized spacial score (nSPS) is 10.7. The Bertz CT molecular complexity index is 584. The maximum atomic E-state index is 5.43. The summed E-state index contributed by atoms with van der Waals surface area (Å²) in [6, 6.07) is 14.7. The topological polar surface area (TPSA) is 26.0 Å². The smallest absolute Gasteiger partial charge is 0.143 e. The molecule has 0 aliphatic carbocycles. The van der Waals surface area contributed by atoms with Crippen molar-refractivity contribution < 1.29 is 4.42 Å². The van der Waals surface area contributed by atoms with Gasteiger partial charge >= 0.3 is 0 Å². The summed E-state index contributed by atoms with van der Waals surface area (Å²) in [5.74, 6) is 0. The molecule has 0 bridgehead atoms. The molecule has 0 fully saturated rings. The van der Waals surface area contributed by atoms with Gasteiger partial charge in [-0.15, -0.1) is 0 Å². The van der Waals surface area contributed by atoms with Gasteiger partial charge in [0, 0.05) is 17.1 Å². The van der Waals surface area contributed by atoms with Crippen LogP contribution < -0.4 is 0 Å². The summed E-state index contributed by atoms with van der Waals surface area (Å²) in [5, 5.41) is 0.984. The third-order valence-corrected chi connectivity index (χ3v) is 2.34. The summed E-state index contributed by atoms with van der Waals surface area (Å²) in [4.78, 5) is 4.30. The lowest BCUT2D eigenvalue weighted by Gasteiger charge is -2.00. The Labute approximate surface area is 87.2 Å². The standard InChI is InChI=1S/C13H8NO/c1-2-8-14-12(6-1)11-5-3-4-10-7-9-15-13(10)11/h1-3,5-9H. The number of aromatic nitrogens is 1. The molecular formula is C13H8NO. The van der Waals surface area contributed by atoms with Gasteiger partial charge in [0.1, 0.15) is 5.58 Å². The van der Waals surface area contributed by atoms with Gasteiger partial charge in [-0.2, -0.15) is 0 Å². The second-order valence-electron chi connectivity index (χ2n) is 3.27. The minimum absolute atomic E-state index is 0.844. The summed E-state index contributed by atoms with van der Waals surface area (Å²) in [7, 11) is 0. The molecule has 0 spiro atoms. The SMILES string of the molecule is [c]1ccc(-c2ccccn2)c2occc12. The molecular weight excluding hydrogens is 186 g/mol. The van der Waals surface area contributed by atoms with Crippen LogP contribution in [-0.4, -0.2) is 4.98 Å². The molecule has 3 rings (SSSR count). The highest BCUT2D eigenvalue weighted by Crippen LogP contribution is 2.27. The van der Waals surface area contributed by atoms with Crippen molar-refractivity contribution >= 4 is 11.0 Å². The van der Waals surface area contributed by atoms with E-state index in [1.54, 1.807) is 12.5 Å². The molecule has 2 heteroatoms. The van der Waals surface area contributed by atoms with E-state index in [4.69, 9.17) is 4.42 Å². The van der Waals surface area contributed by atoms with Crippen LogP contribution in [0.25, 0.3) is 22.2 Å². The number of hydrogen-bond acceptors (Lipinski definition) is 2. The Morgan fingerprint density at radius 3 is 3.00 bits per heavy atom. The van der Waals surface area contributed by atoms with Crippen LogP contribution in [0.15, 0.2) is 53.3 Å². The van der Waals surface area contributed by atoms with Crippen LogP contribution in [0.2, 0.25) is 0 Å². The Morgan fingerprint density at radius 1 is 1.13 bits per heavy atom. The molecule has 0 unspecified atom stereocenters. The summed E-state index contributed by atoms with van der Waals surface area (Å²) in [6.07, 6.45) is 3.45. The van der Waals surface area contributed by atoms with Gasteiger partial charge in [-0.05, 0) is 30.3 Å². The number of pyridine rings is 1. The van der Waals surface area contributed by atoms with E-state index in [0.717, 1.165) is 22.2 Å². The molecule has 1 radical (unpaired) electrons. The van der Waals surface area contributed by atoms with Gasteiger partial charge in [-0.3, -0.25) is 4.98 Å². The van der Waals surface area contributed by atoms with Crippen molar-refractivity contribution in [2.24, 2.45) is 0 Å². The quantitative estimate of drug-likeness (QED) is 0.594. The number of fused-ring (bicyclic) bond motifs is 1. The Kier molecular flexibility index (Phi) is 1.78. The van der Waals surface area contributed by atoms with E-state index in [2.05, 4.69) is 11.1 Å². The van der Waals surface area contributed by atoms with E-state index in [9.17, 15) is 0 Å². The van der Waals surface area contributed by atoms with Crippen LogP contribution in [0.3, 0.4) is 0 Å². The van der Waals surface area contributed by atoms with Gasteiger partial charge < -0.3 is 4.42 Å². The minimum atomic E-state index is 0.844. The highest BCUT2D eigenvalue weighted by Gasteiger charge is 2.06. The number of benzene rings is 1. The number of rotatable bonds is 1. The fraction of sp³-hybridized carbons (Fsp3) is 0. The zero-order valence-electron chi connectivity index (χ0n) is 7.97. The lowest BCUT2D eigenvalue weighted by Crippen LogP contribution is -1.81. The molecule has 0 saturated heterocycles. The molecule has 0 atom stereocenters. The molecule has 2 nitrogen and oxygen atoms in total. The first-order valence-corrected chi connectivity index (χ1v) is 4.74. The van der Waals surface area contributed by atoms with Crippen LogP contribution in [0.5, 0.6) is 0 Å². The second-order valence-corrected chi connectivity index (χ2v) is 3.27. The van der Waals surface area contributed by atoms with Crippen LogP contribution >= 0.6 is 0 Å². The molecule has 0 aliphatic rings. The molecule has 0 N–H and O–H groups in total. The molecule has 0 aliphatic heterocycles. The molecule has 0 saturated carbocycles. The zero-order chi connectivity index (χ0) is 10.1. The van der Waals surface area contributed by atoms with Crippen LogP contribution in [-0.2, 0) is 0 Å². The molecule has 15 heavy (non-hydrogen) atoms. The Morgan fingerprint density at radius 2 is 2.13 bits per heavy atom. The minimum Gasteiger partial charge on any atom is -0.464 e. The van der Waals surface area contributed by atoms with Gasteiger partial charge in [0.05, 0.1) is 12.0 Å². The largest absolute Gasteiger partial charge is 0.464 e. The predicted molar refractivity (Wildman–Crippen MR) is 58.3 cm³/mol. The van der Waals surface area contributed by atoms with Crippen LogP contribution in [0.4, 0.5) is 0 Å². The summed E-state index contributed by atoms with van der Waals surface area (Å²) in [5.41, 5.74) is 2.78. The average Bonchev–Trinajstić information content (AvgIpc) is 2.78. The van der Waals surface area contributed by atoms with E-state index in [-0.39, 0.29) is 0 Å². The first-order valence-electron chi connectivity index (χ1n) is 4.74. The van der Waals surface area contributed by atoms with Crippen molar-refractivity contribution in [1.82, 2.24) is 4.98 Å². The van der Waals surface area contributed by atoms with E-state index in [1.165, 1.54) is 0 Å². The lowest BCUT2D eigenvalue weighted by molar-refractivity contribution is 0.616. The fourth-order valence-corrected chi connectivity index (χ4v) is 1.65. The average molecular weight is 194 g/mol. The number of hydrogen-bond donors (Lipinski definition) is 0. The molecule has 3 aromatic rings. The number of nitrogens with zero attached hydrogens (tertiary/aromatic N) is 1. The maximum absolute atomic E-state index is 5.43. The Hall–Kier alpha value is -2.09. The lowest BCUT2D eigenvalue weighted by atomic mass is 10.1. The molecule has 71 valence electrons. The molecule has 2 heterocycles. The van der Waals surface area contributed by atoms with E-state index in [0.29, 0.717) is 0 Å². The van der Waals surface area contributed by atoms with Crippen molar-refractivity contribution in [2.45, 2.75) is 0 Å². The van der Waals surface area contributed by atoms with Crippen molar-refractivity contribution in [2.75, 3.05) is 0 Å². The van der Waals surface area contributed by atoms with Gasteiger partial charge in [-0.25, -0.2) is 0 Å². The maximum Gasteiger partial charge on any atom is 0.143 e. The van der Waals surface area contributed by atoms with Crippen molar-refractivity contribution in [1.29, 1.82) is 0 Å². The highest BCUT2D eigenvalue weighted by molar-refractivity contribution is 5.90. The third kappa shape index (κ3) is 1.31. The molecule has 1 aromatic carbocycles. The van der Waals surface area contributed by atoms with Gasteiger partial charge in [0.2, 0.25) is 0 Å². The fourth-order valence-electron chi connectivity index (χ4n) is 1.65. The highest BCUT2D eigenvalue weighted by atomic mass is 16.3. The van der Waals surface area contributed by atoms with Crippen LogP contribution in [0, 0.1) is 6.07 Å². The molecule has 0 amide bonds. The summed E-state index contributed by atoms with van der Waals surface area (Å²) >= 11 is 0. The number of furan rings is 1. The molecule has 2 aromatic heterocycles. The monoisotopic (exact) mass is 194 g/mol. The van der Waals surface area contributed by atoms with Gasteiger partial charge in [-0.1, -0.05) is 12.1 Å². The van der Waals surface area contributed by atoms with E-state index >= 15 is 0 Å². The first-order chi connectivity index (χ1) is 7.45. The van der Waals surface area contributed by atoms with Gasteiger partial charge in [0.15, 0.2) is 0 Å². The van der Waals surface area contributed by atoms with E-state index in [1.807, 2.05) is 36.4 Å². The van der Waals surface area contributed by atoms with Crippen molar-refractivity contribution in [3.05, 3.63) is 54.9 Å². The van der Waals surface area contributed by atoms with Crippen molar-refractivity contribution in [3.8, 4) is 11.3 Å². The van der Waals surface area contributed by atoms with Crippen LogP contribution in [0.1, 0.15) is 0 Å². The van der Waals surface area contributed by atoms with Crippen molar-refractivity contribution in [3.63, 3.8) is 0 Å². The first kappa shape index (κ1) is 8.24. The summed E-state index contributed by atoms with van der Waals surface area (Å²) < 4.78 is 5.43. The summed E-state index contributed by atoms with van der Waals surface area (Å²) in [6.45, 7) is 0. The second kappa shape index (κ2) is 3.24. The predicted octanol–water partition coefficient (Wildman–Crippen LogP) is 3.29. The third-order valence-electron chi connectivity index (χ3n) is 2.34. The van der Waals surface area contributed by atoms with E-state index < -0.39 is 0 Å². The zero-order valence-corrected chi connectivity index (χ0v) is 7.97. The Balaban J connectivity index is 2.31. The van der Waals surface area contributed by atoms with Gasteiger partial charge in [0.25, 0.3) is 0 Å².